The lowest BCUT2D eigenvalue weighted by Gasteiger charge is -2.23. The van der Waals surface area contributed by atoms with Gasteiger partial charge >= 0.3 is 0 Å². The Kier molecular flexibility index (Phi) is 3.43. The van der Waals surface area contributed by atoms with Gasteiger partial charge in [-0.15, -0.1) is 0 Å². The van der Waals surface area contributed by atoms with Crippen LogP contribution in [-0.4, -0.2) is 11.7 Å². The van der Waals surface area contributed by atoms with Crippen LogP contribution in [0.2, 0.25) is 0 Å². The number of hydrogen-bond acceptors (Lipinski definition) is 1. The number of alkyl halides is 1. The summed E-state index contributed by atoms with van der Waals surface area (Å²) in [5, 5.41) is 8.75. The van der Waals surface area contributed by atoms with E-state index in [1.54, 1.807) is 19.1 Å². The lowest BCUT2D eigenvalue weighted by Crippen LogP contribution is -2.20. The fraction of sp³-hybridized carbons (Fsp3) is 0.455. The predicted molar refractivity (Wildman–Crippen MR) is 51.2 cm³/mol. The molecule has 0 fully saturated rings. The molecular formula is C11H15FO. The molecule has 72 valence electrons. The van der Waals surface area contributed by atoms with Crippen LogP contribution in [0, 0.1) is 0 Å². The van der Waals surface area contributed by atoms with Crippen LogP contribution in [0.4, 0.5) is 4.39 Å². The molecule has 0 saturated heterocycles. The van der Waals surface area contributed by atoms with E-state index in [2.05, 4.69) is 0 Å². The van der Waals surface area contributed by atoms with Crippen molar-refractivity contribution in [3.8, 4) is 0 Å². The second kappa shape index (κ2) is 4.38. The fourth-order valence-corrected chi connectivity index (χ4v) is 1.44. The molecule has 0 saturated carbocycles. The van der Waals surface area contributed by atoms with E-state index in [1.807, 2.05) is 18.2 Å². The minimum absolute atomic E-state index is 0.112. The SMILES string of the molecule is CC[C@@](F)(CCO)c1ccccc1. The first-order valence-corrected chi connectivity index (χ1v) is 4.58. The third-order valence-corrected chi connectivity index (χ3v) is 2.36. The van der Waals surface area contributed by atoms with Crippen LogP contribution in [-0.2, 0) is 5.67 Å². The molecule has 0 aliphatic carbocycles. The van der Waals surface area contributed by atoms with Crippen molar-refractivity contribution in [3.63, 3.8) is 0 Å². The van der Waals surface area contributed by atoms with Gasteiger partial charge in [0.1, 0.15) is 5.67 Å². The van der Waals surface area contributed by atoms with Crippen molar-refractivity contribution in [2.24, 2.45) is 0 Å². The van der Waals surface area contributed by atoms with Gasteiger partial charge in [-0.2, -0.15) is 0 Å². The number of aliphatic hydroxyl groups is 1. The molecule has 0 aliphatic heterocycles. The highest BCUT2D eigenvalue weighted by atomic mass is 19.1. The van der Waals surface area contributed by atoms with Gasteiger partial charge in [-0.3, -0.25) is 0 Å². The Morgan fingerprint density at radius 2 is 1.92 bits per heavy atom. The minimum atomic E-state index is -1.37. The molecule has 1 rings (SSSR count). The minimum Gasteiger partial charge on any atom is -0.396 e. The van der Waals surface area contributed by atoms with Crippen molar-refractivity contribution >= 4 is 0 Å². The standard InChI is InChI=1S/C11H15FO/c1-2-11(12,8-9-13)10-6-4-3-5-7-10/h3-7,13H,2,8-9H2,1H3/t11-/m1/s1. The predicted octanol–water partition coefficient (Wildman–Crippen LogP) is 2.64. The average molecular weight is 182 g/mol. The third-order valence-electron chi connectivity index (χ3n) is 2.36. The Balaban J connectivity index is 2.89. The lowest BCUT2D eigenvalue weighted by atomic mass is 9.90. The Labute approximate surface area is 78.2 Å². The first kappa shape index (κ1) is 10.2. The van der Waals surface area contributed by atoms with Crippen molar-refractivity contribution in [1.82, 2.24) is 0 Å². The van der Waals surface area contributed by atoms with E-state index in [-0.39, 0.29) is 13.0 Å². The summed E-state index contributed by atoms with van der Waals surface area (Å²) in [6.07, 6.45) is 0.574. The summed E-state index contributed by atoms with van der Waals surface area (Å²) in [7, 11) is 0. The number of hydrogen-bond donors (Lipinski definition) is 1. The van der Waals surface area contributed by atoms with Crippen molar-refractivity contribution in [2.45, 2.75) is 25.4 Å². The van der Waals surface area contributed by atoms with Gasteiger partial charge < -0.3 is 5.11 Å². The molecule has 1 nitrogen and oxygen atoms in total. The number of benzene rings is 1. The average Bonchev–Trinajstić information content (AvgIpc) is 2.19. The highest BCUT2D eigenvalue weighted by molar-refractivity contribution is 5.22. The summed E-state index contributed by atoms with van der Waals surface area (Å²) in [6.45, 7) is 1.68. The largest absolute Gasteiger partial charge is 0.396 e. The highest BCUT2D eigenvalue weighted by Gasteiger charge is 2.28. The highest BCUT2D eigenvalue weighted by Crippen LogP contribution is 2.32. The first-order chi connectivity index (χ1) is 6.23. The summed E-state index contributed by atoms with van der Waals surface area (Å²) in [4.78, 5) is 0. The Morgan fingerprint density at radius 1 is 1.31 bits per heavy atom. The maximum Gasteiger partial charge on any atom is 0.137 e. The van der Waals surface area contributed by atoms with E-state index in [0.29, 0.717) is 12.0 Å². The second-order valence-electron chi connectivity index (χ2n) is 3.16. The zero-order valence-electron chi connectivity index (χ0n) is 7.83. The molecule has 1 aromatic carbocycles. The molecule has 0 aliphatic rings. The summed E-state index contributed by atoms with van der Waals surface area (Å²) < 4.78 is 14.1. The summed E-state index contributed by atoms with van der Waals surface area (Å²) in [6, 6.07) is 9.02. The molecule has 0 spiro atoms. The van der Waals surface area contributed by atoms with Crippen LogP contribution in [0.3, 0.4) is 0 Å². The van der Waals surface area contributed by atoms with Gasteiger partial charge in [0, 0.05) is 13.0 Å². The molecule has 1 N–H and O–H groups in total. The Morgan fingerprint density at radius 3 is 2.38 bits per heavy atom. The molecule has 0 amide bonds. The molecule has 1 aromatic rings. The number of halogens is 1. The van der Waals surface area contributed by atoms with Crippen LogP contribution in [0.25, 0.3) is 0 Å². The van der Waals surface area contributed by atoms with Crippen LogP contribution in [0.1, 0.15) is 25.3 Å². The van der Waals surface area contributed by atoms with Gasteiger partial charge in [0.2, 0.25) is 0 Å². The number of rotatable bonds is 4. The van der Waals surface area contributed by atoms with Gasteiger partial charge in [-0.1, -0.05) is 37.3 Å². The zero-order chi connectivity index (χ0) is 9.73. The van der Waals surface area contributed by atoms with Gasteiger partial charge in [0.25, 0.3) is 0 Å². The Hall–Kier alpha value is -0.890. The molecule has 13 heavy (non-hydrogen) atoms. The van der Waals surface area contributed by atoms with Crippen molar-refractivity contribution in [2.75, 3.05) is 6.61 Å². The third kappa shape index (κ3) is 2.28. The van der Waals surface area contributed by atoms with Crippen LogP contribution < -0.4 is 0 Å². The van der Waals surface area contributed by atoms with Crippen LogP contribution in [0.15, 0.2) is 30.3 Å². The normalized spacial score (nSPS) is 15.3. The zero-order valence-corrected chi connectivity index (χ0v) is 7.83. The molecule has 2 heteroatoms. The van der Waals surface area contributed by atoms with Crippen molar-refractivity contribution < 1.29 is 9.50 Å². The monoisotopic (exact) mass is 182 g/mol. The topological polar surface area (TPSA) is 20.2 Å². The van der Waals surface area contributed by atoms with Gasteiger partial charge in [-0.05, 0) is 12.0 Å². The summed E-state index contributed by atoms with van der Waals surface area (Å²) in [5.41, 5.74) is -0.706. The maximum absolute atomic E-state index is 14.1. The van der Waals surface area contributed by atoms with Crippen molar-refractivity contribution in [3.05, 3.63) is 35.9 Å². The van der Waals surface area contributed by atoms with E-state index >= 15 is 0 Å². The van der Waals surface area contributed by atoms with E-state index in [9.17, 15) is 4.39 Å². The fourth-order valence-electron chi connectivity index (χ4n) is 1.44. The molecule has 1 atom stereocenters. The van der Waals surface area contributed by atoms with Gasteiger partial charge in [0.15, 0.2) is 0 Å². The molecule has 0 heterocycles. The van der Waals surface area contributed by atoms with E-state index in [1.165, 1.54) is 0 Å². The van der Waals surface area contributed by atoms with Gasteiger partial charge in [-0.25, -0.2) is 4.39 Å². The quantitative estimate of drug-likeness (QED) is 0.759. The molecule has 0 bridgehead atoms. The summed E-state index contributed by atoms with van der Waals surface area (Å²) in [5.74, 6) is 0. The maximum atomic E-state index is 14.1. The van der Waals surface area contributed by atoms with Crippen molar-refractivity contribution in [1.29, 1.82) is 0 Å². The van der Waals surface area contributed by atoms with E-state index < -0.39 is 5.67 Å². The smallest absolute Gasteiger partial charge is 0.137 e. The van der Waals surface area contributed by atoms with Crippen LogP contribution in [0.5, 0.6) is 0 Å². The van der Waals surface area contributed by atoms with E-state index in [4.69, 9.17) is 5.11 Å². The first-order valence-electron chi connectivity index (χ1n) is 4.58. The number of aliphatic hydroxyl groups excluding tert-OH is 1. The summed E-state index contributed by atoms with van der Waals surface area (Å²) >= 11 is 0. The molecular weight excluding hydrogens is 167 g/mol. The second-order valence-corrected chi connectivity index (χ2v) is 3.16. The molecule has 0 aromatic heterocycles. The Bertz CT molecular complexity index is 248. The lowest BCUT2D eigenvalue weighted by molar-refractivity contribution is 0.108. The van der Waals surface area contributed by atoms with Crippen LogP contribution >= 0.6 is 0 Å². The molecule has 0 unspecified atom stereocenters. The van der Waals surface area contributed by atoms with Gasteiger partial charge in [0.05, 0.1) is 0 Å². The van der Waals surface area contributed by atoms with E-state index in [0.717, 1.165) is 0 Å². The molecule has 0 radical (unpaired) electrons.